The molecule has 0 spiro atoms. The molecule has 0 unspecified atom stereocenters. The molecule has 144 valence electrons. The van der Waals surface area contributed by atoms with E-state index in [9.17, 15) is 4.79 Å². The maximum absolute atomic E-state index is 11.3. The van der Waals surface area contributed by atoms with E-state index in [1.165, 1.54) is 31.2 Å². The molecular weight excluding hydrogens is 338 g/mol. The SMILES string of the molecule is NC(=O)Cc1nc(CN2CC[C@@H](c3ccccc3)C2)n(C2CCCCC2)n1. The van der Waals surface area contributed by atoms with Crippen LogP contribution in [0.1, 0.15) is 67.7 Å². The summed E-state index contributed by atoms with van der Waals surface area (Å²) in [6.45, 7) is 2.92. The molecule has 6 nitrogen and oxygen atoms in total. The Kier molecular flexibility index (Phi) is 5.53. The van der Waals surface area contributed by atoms with Crippen LogP contribution in [0.4, 0.5) is 0 Å². The first-order chi connectivity index (χ1) is 13.2. The lowest BCUT2D eigenvalue weighted by Gasteiger charge is -2.24. The van der Waals surface area contributed by atoms with Gasteiger partial charge in [-0.25, -0.2) is 9.67 Å². The molecule has 1 saturated heterocycles. The number of nitrogens with zero attached hydrogens (tertiary/aromatic N) is 4. The van der Waals surface area contributed by atoms with Gasteiger partial charge in [0, 0.05) is 6.54 Å². The van der Waals surface area contributed by atoms with E-state index in [-0.39, 0.29) is 12.3 Å². The van der Waals surface area contributed by atoms with Crippen LogP contribution in [0.5, 0.6) is 0 Å². The molecule has 2 N–H and O–H groups in total. The van der Waals surface area contributed by atoms with Gasteiger partial charge in [0.25, 0.3) is 0 Å². The van der Waals surface area contributed by atoms with E-state index in [0.717, 1.165) is 38.3 Å². The highest BCUT2D eigenvalue weighted by molar-refractivity contribution is 5.75. The van der Waals surface area contributed by atoms with Gasteiger partial charge >= 0.3 is 0 Å². The summed E-state index contributed by atoms with van der Waals surface area (Å²) in [5.41, 5.74) is 6.79. The lowest BCUT2D eigenvalue weighted by Crippen LogP contribution is -2.25. The number of hydrogen-bond donors (Lipinski definition) is 1. The van der Waals surface area contributed by atoms with Gasteiger partial charge in [-0.1, -0.05) is 49.6 Å². The number of amides is 1. The van der Waals surface area contributed by atoms with Gasteiger partial charge < -0.3 is 5.73 Å². The molecule has 1 aromatic carbocycles. The second-order valence-electron chi connectivity index (χ2n) is 7.96. The predicted octanol–water partition coefficient (Wildman–Crippen LogP) is 2.80. The number of benzene rings is 1. The third kappa shape index (κ3) is 4.38. The molecule has 1 atom stereocenters. The lowest BCUT2D eigenvalue weighted by molar-refractivity contribution is -0.117. The normalized spacial score (nSPS) is 21.6. The lowest BCUT2D eigenvalue weighted by atomic mass is 9.95. The second-order valence-corrected chi connectivity index (χ2v) is 7.96. The van der Waals surface area contributed by atoms with E-state index in [1.807, 2.05) is 0 Å². The number of rotatable bonds is 6. The molecule has 27 heavy (non-hydrogen) atoms. The van der Waals surface area contributed by atoms with Crippen molar-refractivity contribution in [2.75, 3.05) is 13.1 Å². The molecule has 6 heteroatoms. The van der Waals surface area contributed by atoms with E-state index < -0.39 is 0 Å². The molecule has 1 amide bonds. The monoisotopic (exact) mass is 367 g/mol. The molecule has 1 aromatic heterocycles. The van der Waals surface area contributed by atoms with Crippen molar-refractivity contribution in [3.63, 3.8) is 0 Å². The topological polar surface area (TPSA) is 77.0 Å². The average molecular weight is 367 g/mol. The highest BCUT2D eigenvalue weighted by atomic mass is 16.1. The van der Waals surface area contributed by atoms with Gasteiger partial charge in [0.05, 0.1) is 19.0 Å². The van der Waals surface area contributed by atoms with Gasteiger partial charge in [0.2, 0.25) is 5.91 Å². The highest BCUT2D eigenvalue weighted by Crippen LogP contribution is 2.31. The fourth-order valence-corrected chi connectivity index (χ4v) is 4.53. The minimum Gasteiger partial charge on any atom is -0.369 e. The third-order valence-corrected chi connectivity index (χ3v) is 5.91. The van der Waals surface area contributed by atoms with Crippen LogP contribution in [0.2, 0.25) is 0 Å². The molecular formula is C21H29N5O. The summed E-state index contributed by atoms with van der Waals surface area (Å²) in [6.07, 6.45) is 7.40. The molecule has 0 radical (unpaired) electrons. The number of likely N-dealkylation sites (tertiary alicyclic amines) is 1. The number of hydrogen-bond acceptors (Lipinski definition) is 4. The first-order valence-electron chi connectivity index (χ1n) is 10.2. The zero-order chi connectivity index (χ0) is 18.6. The van der Waals surface area contributed by atoms with E-state index in [4.69, 9.17) is 10.7 Å². The van der Waals surface area contributed by atoms with Crippen molar-refractivity contribution in [2.24, 2.45) is 5.73 Å². The largest absolute Gasteiger partial charge is 0.369 e. The van der Waals surface area contributed by atoms with Crippen molar-refractivity contribution < 1.29 is 4.79 Å². The first-order valence-corrected chi connectivity index (χ1v) is 10.2. The minimum atomic E-state index is -0.368. The Morgan fingerprint density at radius 2 is 1.89 bits per heavy atom. The van der Waals surface area contributed by atoms with Crippen LogP contribution in [0.25, 0.3) is 0 Å². The van der Waals surface area contributed by atoms with Crippen LogP contribution in [0, 0.1) is 0 Å². The van der Waals surface area contributed by atoms with Crippen molar-refractivity contribution in [3.05, 3.63) is 47.5 Å². The van der Waals surface area contributed by atoms with E-state index >= 15 is 0 Å². The smallest absolute Gasteiger partial charge is 0.225 e. The Hall–Kier alpha value is -2.21. The van der Waals surface area contributed by atoms with Crippen LogP contribution in [-0.4, -0.2) is 38.7 Å². The molecule has 2 fully saturated rings. The van der Waals surface area contributed by atoms with E-state index in [0.29, 0.717) is 17.8 Å². The molecule has 4 rings (SSSR count). The quantitative estimate of drug-likeness (QED) is 0.852. The zero-order valence-electron chi connectivity index (χ0n) is 15.9. The minimum absolute atomic E-state index is 0.124. The van der Waals surface area contributed by atoms with Gasteiger partial charge in [0.15, 0.2) is 5.82 Å². The molecule has 1 aliphatic carbocycles. The highest BCUT2D eigenvalue weighted by Gasteiger charge is 2.27. The maximum atomic E-state index is 11.3. The Morgan fingerprint density at radius 3 is 2.63 bits per heavy atom. The average Bonchev–Trinajstić information content (AvgIpc) is 3.30. The second kappa shape index (κ2) is 8.21. The Morgan fingerprint density at radius 1 is 1.11 bits per heavy atom. The van der Waals surface area contributed by atoms with Crippen LogP contribution in [-0.2, 0) is 17.8 Å². The van der Waals surface area contributed by atoms with Crippen molar-refractivity contribution >= 4 is 5.91 Å². The molecule has 2 aliphatic rings. The van der Waals surface area contributed by atoms with Crippen molar-refractivity contribution in [2.45, 2.75) is 63.5 Å². The number of aromatic nitrogens is 3. The van der Waals surface area contributed by atoms with E-state index in [1.54, 1.807) is 0 Å². The van der Waals surface area contributed by atoms with E-state index in [2.05, 4.69) is 45.0 Å². The van der Waals surface area contributed by atoms with Gasteiger partial charge in [-0.05, 0) is 37.3 Å². The summed E-state index contributed by atoms with van der Waals surface area (Å²) in [6, 6.07) is 11.2. The fourth-order valence-electron chi connectivity index (χ4n) is 4.53. The summed E-state index contributed by atoms with van der Waals surface area (Å²) < 4.78 is 2.10. The molecule has 1 saturated carbocycles. The first kappa shape index (κ1) is 18.2. The van der Waals surface area contributed by atoms with Crippen LogP contribution in [0.15, 0.2) is 30.3 Å². The molecule has 1 aliphatic heterocycles. The Bertz CT molecular complexity index is 766. The summed E-state index contributed by atoms with van der Waals surface area (Å²) >= 11 is 0. The summed E-state index contributed by atoms with van der Waals surface area (Å²) in [7, 11) is 0. The molecule has 0 bridgehead atoms. The van der Waals surface area contributed by atoms with Crippen molar-refractivity contribution in [1.82, 2.24) is 19.7 Å². The summed E-state index contributed by atoms with van der Waals surface area (Å²) in [5.74, 6) is 1.78. The maximum Gasteiger partial charge on any atom is 0.225 e. The molecule has 2 heterocycles. The van der Waals surface area contributed by atoms with Gasteiger partial charge in [-0.2, -0.15) is 5.10 Å². The Labute approximate surface area is 160 Å². The fraction of sp³-hybridized carbons (Fsp3) is 0.571. The van der Waals surface area contributed by atoms with Crippen molar-refractivity contribution in [3.8, 4) is 0 Å². The van der Waals surface area contributed by atoms with Crippen LogP contribution < -0.4 is 5.73 Å². The third-order valence-electron chi connectivity index (χ3n) is 5.91. The zero-order valence-corrected chi connectivity index (χ0v) is 15.9. The standard InChI is InChI=1S/C21H29N5O/c22-19(27)13-20-23-21(26(24-20)18-9-5-2-6-10-18)15-25-12-11-17(14-25)16-7-3-1-4-8-16/h1,3-4,7-8,17-18H,2,5-6,9-15H2,(H2,22,27)/t17-/m1/s1. The number of nitrogens with two attached hydrogens (primary N) is 1. The van der Waals surface area contributed by atoms with Crippen LogP contribution >= 0.6 is 0 Å². The number of primary amides is 1. The predicted molar refractivity (Wildman–Crippen MR) is 104 cm³/mol. The van der Waals surface area contributed by atoms with Gasteiger partial charge in [-0.15, -0.1) is 0 Å². The number of carbonyl (C=O) groups is 1. The van der Waals surface area contributed by atoms with Gasteiger partial charge in [-0.3, -0.25) is 9.69 Å². The summed E-state index contributed by atoms with van der Waals surface area (Å²) in [5, 5.41) is 4.67. The molecule has 2 aromatic rings. The summed E-state index contributed by atoms with van der Waals surface area (Å²) in [4.78, 5) is 18.5. The van der Waals surface area contributed by atoms with Crippen molar-refractivity contribution in [1.29, 1.82) is 0 Å². The number of carbonyl (C=O) groups excluding carboxylic acids is 1. The van der Waals surface area contributed by atoms with Gasteiger partial charge in [0.1, 0.15) is 5.82 Å². The Balaban J connectivity index is 1.48. The van der Waals surface area contributed by atoms with Crippen LogP contribution in [0.3, 0.4) is 0 Å².